The molecule has 2 heterocycles. The summed E-state index contributed by atoms with van der Waals surface area (Å²) >= 11 is 0. The highest BCUT2D eigenvalue weighted by atomic mass is 32.2. The van der Waals surface area contributed by atoms with Crippen LogP contribution in [0.5, 0.6) is 0 Å². The first-order valence-electron chi connectivity index (χ1n) is 6.04. The zero-order valence-corrected chi connectivity index (χ0v) is 11.7. The molecule has 8 heteroatoms. The van der Waals surface area contributed by atoms with Crippen LogP contribution in [0.1, 0.15) is 25.0 Å². The van der Waals surface area contributed by atoms with E-state index in [4.69, 9.17) is 0 Å². The highest BCUT2D eigenvalue weighted by Crippen LogP contribution is 2.10. The molecule has 0 amide bonds. The van der Waals surface area contributed by atoms with Gasteiger partial charge in [0.25, 0.3) is 10.0 Å². The fourth-order valence-corrected chi connectivity index (χ4v) is 2.70. The number of nitrogens with one attached hydrogen (secondary N) is 2. The van der Waals surface area contributed by atoms with E-state index >= 15 is 0 Å². The van der Waals surface area contributed by atoms with Gasteiger partial charge in [0.15, 0.2) is 5.03 Å². The molecule has 2 aromatic heterocycles. The number of nitrogens with zero attached hydrogens (tertiary/aromatic N) is 3. The van der Waals surface area contributed by atoms with Crippen molar-refractivity contribution in [3.63, 3.8) is 0 Å². The molecule has 0 aromatic carbocycles. The first-order chi connectivity index (χ1) is 9.03. The predicted octanol–water partition coefficient (Wildman–Crippen LogP) is 0.803. The second kappa shape index (κ2) is 5.54. The summed E-state index contributed by atoms with van der Waals surface area (Å²) in [7, 11) is -3.60. The summed E-state index contributed by atoms with van der Waals surface area (Å²) < 4.78 is 28.4. The number of hydrogen-bond donors (Lipinski definition) is 2. The summed E-state index contributed by atoms with van der Waals surface area (Å²) in [5.74, 6) is 1.26. The number of hydrogen-bond acceptors (Lipinski definition) is 4. The van der Waals surface area contributed by atoms with Crippen LogP contribution in [0.15, 0.2) is 23.6 Å². The molecule has 104 valence electrons. The largest absolute Gasteiger partial charge is 0.347 e. The molecule has 0 bridgehead atoms. The third kappa shape index (κ3) is 3.21. The van der Waals surface area contributed by atoms with Gasteiger partial charge in [-0.15, -0.1) is 0 Å². The van der Waals surface area contributed by atoms with Crippen molar-refractivity contribution in [3.05, 3.63) is 30.2 Å². The number of imidazole rings is 2. The predicted molar refractivity (Wildman–Crippen MR) is 69.9 cm³/mol. The Bertz CT molecular complexity index is 630. The lowest BCUT2D eigenvalue weighted by molar-refractivity contribution is 0.576. The van der Waals surface area contributed by atoms with Crippen LogP contribution in [0.3, 0.4) is 0 Å². The van der Waals surface area contributed by atoms with Gasteiger partial charge in [-0.25, -0.2) is 23.1 Å². The maximum absolute atomic E-state index is 12.1. The fourth-order valence-electron chi connectivity index (χ4n) is 1.71. The van der Waals surface area contributed by atoms with E-state index in [1.807, 2.05) is 11.5 Å². The van der Waals surface area contributed by atoms with Crippen LogP contribution in [-0.4, -0.2) is 27.9 Å². The van der Waals surface area contributed by atoms with Crippen LogP contribution >= 0.6 is 0 Å². The molecule has 0 saturated carbocycles. The third-order valence-corrected chi connectivity index (χ3v) is 3.95. The van der Waals surface area contributed by atoms with Crippen LogP contribution in [0.2, 0.25) is 0 Å². The Hall–Kier alpha value is -1.67. The highest BCUT2D eigenvalue weighted by molar-refractivity contribution is 7.89. The minimum Gasteiger partial charge on any atom is -0.347 e. The van der Waals surface area contributed by atoms with Gasteiger partial charge in [-0.2, -0.15) is 0 Å². The quantitative estimate of drug-likeness (QED) is 0.820. The average Bonchev–Trinajstić information content (AvgIpc) is 2.98. The zero-order valence-electron chi connectivity index (χ0n) is 10.9. The Labute approximate surface area is 112 Å². The molecule has 2 N–H and O–H groups in total. The van der Waals surface area contributed by atoms with Crippen molar-refractivity contribution in [1.29, 1.82) is 0 Å². The van der Waals surface area contributed by atoms with E-state index in [0.717, 1.165) is 13.0 Å². The van der Waals surface area contributed by atoms with Gasteiger partial charge in [0.05, 0.1) is 6.54 Å². The number of aryl methyl sites for hydroxylation is 2. The Morgan fingerprint density at radius 3 is 2.89 bits per heavy atom. The van der Waals surface area contributed by atoms with Crippen molar-refractivity contribution in [3.8, 4) is 0 Å². The number of sulfonamides is 1. The first-order valence-corrected chi connectivity index (χ1v) is 7.53. The Balaban J connectivity index is 2.12. The molecule has 2 rings (SSSR count). The highest BCUT2D eigenvalue weighted by Gasteiger charge is 2.19. The Kier molecular flexibility index (Phi) is 4.01. The average molecular weight is 283 g/mol. The van der Waals surface area contributed by atoms with E-state index in [1.54, 1.807) is 25.5 Å². The molecule has 0 fully saturated rings. The van der Waals surface area contributed by atoms with Crippen LogP contribution < -0.4 is 4.72 Å². The van der Waals surface area contributed by atoms with E-state index in [9.17, 15) is 8.42 Å². The molecular weight excluding hydrogens is 266 g/mol. The molecule has 0 unspecified atom stereocenters. The molecule has 19 heavy (non-hydrogen) atoms. The van der Waals surface area contributed by atoms with Gasteiger partial charge < -0.3 is 9.55 Å². The molecule has 0 atom stereocenters. The normalized spacial score (nSPS) is 11.9. The van der Waals surface area contributed by atoms with Gasteiger partial charge >= 0.3 is 0 Å². The number of aromatic nitrogens is 4. The van der Waals surface area contributed by atoms with Gasteiger partial charge in [0.1, 0.15) is 11.6 Å². The Morgan fingerprint density at radius 1 is 1.47 bits per heavy atom. The number of rotatable bonds is 6. The maximum Gasteiger partial charge on any atom is 0.259 e. The van der Waals surface area contributed by atoms with Gasteiger partial charge in [0.2, 0.25) is 0 Å². The van der Waals surface area contributed by atoms with Crippen molar-refractivity contribution in [2.24, 2.45) is 0 Å². The molecule has 7 nitrogen and oxygen atoms in total. The summed E-state index contributed by atoms with van der Waals surface area (Å²) in [4.78, 5) is 10.9. The molecule has 0 radical (unpaired) electrons. The van der Waals surface area contributed by atoms with Gasteiger partial charge in [-0.1, -0.05) is 6.92 Å². The lowest BCUT2D eigenvalue weighted by Gasteiger charge is -2.01. The standard InChI is InChI=1S/C11H17N5O2S/c1-3-6-16-8-11(15-9(16)2)19(17,18)14-7-10-12-4-5-13-10/h4-5,8,14H,3,6-7H2,1-2H3,(H,12,13). The summed E-state index contributed by atoms with van der Waals surface area (Å²) in [5, 5.41) is 0.0463. The SMILES string of the molecule is CCCn1cc(S(=O)(=O)NCc2ncc[nH]2)nc1C. The van der Waals surface area contributed by atoms with Crippen molar-refractivity contribution < 1.29 is 8.42 Å². The zero-order chi connectivity index (χ0) is 13.9. The van der Waals surface area contributed by atoms with E-state index in [1.165, 1.54) is 0 Å². The third-order valence-electron chi connectivity index (χ3n) is 2.68. The van der Waals surface area contributed by atoms with Crippen LogP contribution in [0.4, 0.5) is 0 Å². The van der Waals surface area contributed by atoms with Gasteiger partial charge in [-0.05, 0) is 13.3 Å². The van der Waals surface area contributed by atoms with Crippen LogP contribution in [0.25, 0.3) is 0 Å². The smallest absolute Gasteiger partial charge is 0.259 e. The van der Waals surface area contributed by atoms with Gasteiger partial charge in [-0.3, -0.25) is 0 Å². The number of H-pyrrole nitrogens is 1. The van der Waals surface area contributed by atoms with Crippen LogP contribution in [-0.2, 0) is 23.1 Å². The van der Waals surface area contributed by atoms with Gasteiger partial charge in [0, 0.05) is 25.1 Å². The Morgan fingerprint density at radius 2 is 2.26 bits per heavy atom. The minimum atomic E-state index is -3.60. The van der Waals surface area contributed by atoms with E-state index < -0.39 is 10.0 Å². The maximum atomic E-state index is 12.1. The topological polar surface area (TPSA) is 92.7 Å². The molecule has 0 saturated heterocycles. The van der Waals surface area contributed by atoms with Crippen molar-refractivity contribution in [1.82, 2.24) is 24.2 Å². The summed E-state index contributed by atoms with van der Waals surface area (Å²) in [6.07, 6.45) is 5.70. The summed E-state index contributed by atoms with van der Waals surface area (Å²) in [6.45, 7) is 4.70. The molecular formula is C11H17N5O2S. The second-order valence-corrected chi connectivity index (χ2v) is 5.89. The van der Waals surface area contributed by atoms with Crippen molar-refractivity contribution in [2.45, 2.75) is 38.4 Å². The van der Waals surface area contributed by atoms with Crippen LogP contribution in [0, 0.1) is 6.92 Å². The summed E-state index contributed by atoms with van der Waals surface area (Å²) in [6, 6.07) is 0. The first kappa shape index (κ1) is 13.8. The minimum absolute atomic E-state index is 0.0463. The molecule has 0 aliphatic heterocycles. The van der Waals surface area contributed by atoms with Crippen molar-refractivity contribution >= 4 is 10.0 Å². The molecule has 0 aliphatic rings. The summed E-state index contributed by atoms with van der Waals surface area (Å²) in [5.41, 5.74) is 0. The fraction of sp³-hybridized carbons (Fsp3) is 0.455. The number of aromatic amines is 1. The molecule has 0 aliphatic carbocycles. The van der Waals surface area contributed by atoms with Crippen molar-refractivity contribution in [2.75, 3.05) is 0 Å². The lowest BCUT2D eigenvalue weighted by Crippen LogP contribution is -2.24. The monoisotopic (exact) mass is 283 g/mol. The van der Waals surface area contributed by atoms with E-state index in [2.05, 4.69) is 19.7 Å². The molecule has 2 aromatic rings. The lowest BCUT2D eigenvalue weighted by atomic mass is 10.5. The van der Waals surface area contributed by atoms with E-state index in [-0.39, 0.29) is 11.6 Å². The molecule has 0 spiro atoms. The van der Waals surface area contributed by atoms with E-state index in [0.29, 0.717) is 11.6 Å². The second-order valence-electron chi connectivity index (χ2n) is 4.18.